The largest absolute Gasteiger partial charge is 0.478 e. The monoisotopic (exact) mass is 300 g/mol. The minimum absolute atomic E-state index is 0.0642. The first kappa shape index (κ1) is 13.7. The maximum Gasteiger partial charge on any atom is 0.337 e. The van der Waals surface area contributed by atoms with E-state index >= 15 is 0 Å². The molecule has 17 heavy (non-hydrogen) atoms. The van der Waals surface area contributed by atoms with Crippen LogP contribution in [0.1, 0.15) is 23.2 Å². The van der Waals surface area contributed by atoms with Gasteiger partial charge < -0.3 is 16.2 Å². The number of aromatic carboxylic acids is 1. The van der Waals surface area contributed by atoms with E-state index in [1.165, 1.54) is 6.07 Å². The van der Waals surface area contributed by atoms with Crippen LogP contribution in [0, 0.1) is 0 Å². The fourth-order valence-corrected chi connectivity index (χ4v) is 1.64. The van der Waals surface area contributed by atoms with Gasteiger partial charge in [-0.1, -0.05) is 15.9 Å². The van der Waals surface area contributed by atoms with Crippen molar-refractivity contribution < 1.29 is 14.7 Å². The van der Waals surface area contributed by atoms with Gasteiger partial charge >= 0.3 is 5.97 Å². The van der Waals surface area contributed by atoms with E-state index in [1.54, 1.807) is 12.1 Å². The number of carboxylic acids is 1. The fraction of sp³-hybridized carbons (Fsp3) is 0.273. The van der Waals surface area contributed by atoms with Crippen LogP contribution in [0.4, 0.5) is 5.69 Å². The van der Waals surface area contributed by atoms with Crippen LogP contribution in [0.3, 0.4) is 0 Å². The highest BCUT2D eigenvalue weighted by Gasteiger charge is 2.12. The average molecular weight is 301 g/mol. The maximum atomic E-state index is 11.5. The quantitative estimate of drug-likeness (QED) is 0.773. The molecule has 0 saturated carbocycles. The van der Waals surface area contributed by atoms with Crippen molar-refractivity contribution in [1.82, 2.24) is 0 Å². The number of carbonyl (C=O) groups excluding carboxylic acids is 1. The molecule has 5 nitrogen and oxygen atoms in total. The number of carbonyl (C=O) groups is 2. The van der Waals surface area contributed by atoms with Gasteiger partial charge in [0.2, 0.25) is 5.91 Å². The lowest BCUT2D eigenvalue weighted by Gasteiger charge is -2.08. The number of hydrogen-bond acceptors (Lipinski definition) is 3. The van der Waals surface area contributed by atoms with Crippen molar-refractivity contribution in [2.45, 2.75) is 12.8 Å². The molecule has 0 aromatic heterocycles. The van der Waals surface area contributed by atoms with Crippen molar-refractivity contribution in [3.63, 3.8) is 0 Å². The Balaban J connectivity index is 2.85. The number of anilines is 1. The van der Waals surface area contributed by atoms with Gasteiger partial charge in [0.15, 0.2) is 0 Å². The molecule has 92 valence electrons. The summed E-state index contributed by atoms with van der Waals surface area (Å²) in [5.41, 5.74) is 5.64. The predicted octanol–water partition coefficient (Wildman–Crippen LogP) is 1.82. The van der Waals surface area contributed by atoms with Crippen LogP contribution < -0.4 is 11.1 Å². The van der Waals surface area contributed by atoms with Gasteiger partial charge in [0.1, 0.15) is 0 Å². The fourth-order valence-electron chi connectivity index (χ4n) is 1.28. The third-order valence-electron chi connectivity index (χ3n) is 2.09. The number of hydrogen-bond donors (Lipinski definition) is 3. The smallest absolute Gasteiger partial charge is 0.337 e. The number of amides is 1. The summed E-state index contributed by atoms with van der Waals surface area (Å²) in [5, 5.41) is 11.5. The minimum atomic E-state index is -1.08. The summed E-state index contributed by atoms with van der Waals surface area (Å²) in [7, 11) is 0. The Morgan fingerprint density at radius 1 is 1.41 bits per heavy atom. The summed E-state index contributed by atoms with van der Waals surface area (Å²) in [6.45, 7) is 0.428. The molecule has 1 aromatic carbocycles. The molecular weight excluding hydrogens is 288 g/mol. The zero-order valence-corrected chi connectivity index (χ0v) is 10.7. The lowest BCUT2D eigenvalue weighted by molar-refractivity contribution is -0.116. The van der Waals surface area contributed by atoms with Crippen molar-refractivity contribution in [3.8, 4) is 0 Å². The van der Waals surface area contributed by atoms with Gasteiger partial charge in [0, 0.05) is 10.9 Å². The number of rotatable bonds is 5. The zero-order valence-electron chi connectivity index (χ0n) is 9.07. The Bertz CT molecular complexity index is 435. The highest BCUT2D eigenvalue weighted by atomic mass is 79.9. The van der Waals surface area contributed by atoms with Crippen molar-refractivity contribution >= 4 is 33.5 Å². The van der Waals surface area contributed by atoms with Crippen LogP contribution in [0.5, 0.6) is 0 Å². The Labute approximate surface area is 107 Å². The SMILES string of the molecule is NCCCC(=O)Nc1cc(Br)ccc1C(=O)O. The van der Waals surface area contributed by atoms with E-state index in [9.17, 15) is 9.59 Å². The molecule has 0 unspecified atom stereocenters. The number of carboxylic acid groups (broad SMARTS) is 1. The summed E-state index contributed by atoms with van der Waals surface area (Å²) < 4.78 is 0.705. The molecular formula is C11H13BrN2O3. The van der Waals surface area contributed by atoms with Crippen molar-refractivity contribution in [2.75, 3.05) is 11.9 Å². The highest BCUT2D eigenvalue weighted by Crippen LogP contribution is 2.21. The van der Waals surface area contributed by atoms with Crippen LogP contribution in [-0.4, -0.2) is 23.5 Å². The molecule has 6 heteroatoms. The molecule has 0 saturated heterocycles. The van der Waals surface area contributed by atoms with Crippen LogP contribution in [-0.2, 0) is 4.79 Å². The molecule has 0 heterocycles. The van der Waals surface area contributed by atoms with E-state index < -0.39 is 5.97 Å². The molecule has 1 amide bonds. The molecule has 0 bridgehead atoms. The normalized spacial score (nSPS) is 10.0. The van der Waals surface area contributed by atoms with E-state index in [4.69, 9.17) is 10.8 Å². The second-order valence-corrected chi connectivity index (χ2v) is 4.35. The molecule has 1 rings (SSSR count). The molecule has 0 spiro atoms. The average Bonchev–Trinajstić information content (AvgIpc) is 2.26. The Hall–Kier alpha value is -1.40. The van der Waals surface area contributed by atoms with Gasteiger partial charge in [-0.3, -0.25) is 4.79 Å². The summed E-state index contributed by atoms with van der Waals surface area (Å²) in [4.78, 5) is 22.4. The Morgan fingerprint density at radius 3 is 2.71 bits per heavy atom. The molecule has 0 aliphatic heterocycles. The number of nitrogens with two attached hydrogens (primary N) is 1. The Morgan fingerprint density at radius 2 is 2.12 bits per heavy atom. The summed E-state index contributed by atoms with van der Waals surface area (Å²) in [6.07, 6.45) is 0.852. The number of nitrogens with one attached hydrogen (secondary N) is 1. The lowest BCUT2D eigenvalue weighted by atomic mass is 10.1. The van der Waals surface area contributed by atoms with Gasteiger partial charge in [-0.2, -0.15) is 0 Å². The highest BCUT2D eigenvalue weighted by molar-refractivity contribution is 9.10. The molecule has 0 fully saturated rings. The molecule has 0 aliphatic rings. The first-order valence-corrected chi connectivity index (χ1v) is 5.86. The van der Waals surface area contributed by atoms with Gasteiger partial charge in [0.05, 0.1) is 11.3 Å². The van der Waals surface area contributed by atoms with Crippen molar-refractivity contribution in [1.29, 1.82) is 0 Å². The summed E-state index contributed by atoms with van der Waals surface area (Å²) in [5.74, 6) is -1.32. The standard InChI is InChI=1S/C11H13BrN2O3/c12-7-3-4-8(11(16)17)9(6-7)14-10(15)2-1-5-13/h3-4,6H,1-2,5,13H2,(H,14,15)(H,16,17). The second kappa shape index (κ2) is 6.36. The Kier molecular flexibility index (Phi) is 5.11. The minimum Gasteiger partial charge on any atom is -0.478 e. The topological polar surface area (TPSA) is 92.4 Å². The summed E-state index contributed by atoms with van der Waals surface area (Å²) >= 11 is 3.22. The third-order valence-corrected chi connectivity index (χ3v) is 2.59. The van der Waals surface area contributed by atoms with Crippen molar-refractivity contribution in [3.05, 3.63) is 28.2 Å². The van der Waals surface area contributed by atoms with E-state index in [1.807, 2.05) is 0 Å². The van der Waals surface area contributed by atoms with Crippen LogP contribution in [0.2, 0.25) is 0 Å². The first-order chi connectivity index (χ1) is 8.04. The molecule has 0 aliphatic carbocycles. The van der Waals surface area contributed by atoms with Crippen LogP contribution in [0.15, 0.2) is 22.7 Å². The third kappa shape index (κ3) is 4.16. The van der Waals surface area contributed by atoms with Gasteiger partial charge in [-0.15, -0.1) is 0 Å². The lowest BCUT2D eigenvalue weighted by Crippen LogP contribution is -2.15. The molecule has 0 atom stereocenters. The summed E-state index contributed by atoms with van der Waals surface area (Å²) in [6, 6.07) is 4.60. The van der Waals surface area contributed by atoms with Crippen molar-refractivity contribution in [2.24, 2.45) is 5.73 Å². The molecule has 1 aromatic rings. The van der Waals surface area contributed by atoms with E-state index in [2.05, 4.69) is 21.2 Å². The first-order valence-electron chi connectivity index (χ1n) is 5.07. The van der Waals surface area contributed by atoms with E-state index in [-0.39, 0.29) is 23.6 Å². The molecule has 0 radical (unpaired) electrons. The van der Waals surface area contributed by atoms with Crippen LogP contribution >= 0.6 is 15.9 Å². The predicted molar refractivity (Wildman–Crippen MR) is 68.0 cm³/mol. The van der Waals surface area contributed by atoms with Crippen LogP contribution in [0.25, 0.3) is 0 Å². The number of halogens is 1. The van der Waals surface area contributed by atoms with Gasteiger partial charge in [-0.05, 0) is 31.2 Å². The number of benzene rings is 1. The van der Waals surface area contributed by atoms with Gasteiger partial charge in [-0.25, -0.2) is 4.79 Å². The van der Waals surface area contributed by atoms with Gasteiger partial charge in [0.25, 0.3) is 0 Å². The van der Waals surface area contributed by atoms with E-state index in [0.717, 1.165) is 0 Å². The zero-order chi connectivity index (χ0) is 12.8. The second-order valence-electron chi connectivity index (χ2n) is 3.44. The maximum absolute atomic E-state index is 11.5. The van der Waals surface area contributed by atoms with E-state index in [0.29, 0.717) is 17.4 Å². The molecule has 4 N–H and O–H groups in total.